The molecular formula is C16H14FN3O2. The number of hydrogen-bond acceptors (Lipinski definition) is 3. The van der Waals surface area contributed by atoms with Crippen molar-refractivity contribution < 1.29 is 13.9 Å². The number of benzene rings is 2. The lowest BCUT2D eigenvalue weighted by Crippen LogP contribution is -2.14. The number of aromatic amines is 1. The van der Waals surface area contributed by atoms with Crippen molar-refractivity contribution in [3.05, 3.63) is 59.7 Å². The maximum absolute atomic E-state index is 13.1. The van der Waals surface area contributed by atoms with Gasteiger partial charge in [0.05, 0.1) is 17.5 Å². The van der Waals surface area contributed by atoms with Gasteiger partial charge in [-0.25, -0.2) is 9.37 Å². The Morgan fingerprint density at radius 3 is 2.91 bits per heavy atom. The van der Waals surface area contributed by atoms with E-state index in [9.17, 15) is 9.18 Å². The molecule has 0 aliphatic rings. The topological polar surface area (TPSA) is 81.0 Å². The molecule has 0 saturated carbocycles. The predicted molar refractivity (Wildman–Crippen MR) is 79.7 cm³/mol. The molecule has 22 heavy (non-hydrogen) atoms. The highest BCUT2D eigenvalue weighted by Gasteiger charge is 2.07. The van der Waals surface area contributed by atoms with E-state index in [2.05, 4.69) is 9.97 Å². The normalized spacial score (nSPS) is 10.8. The molecule has 6 heteroatoms. The number of halogens is 1. The Balaban J connectivity index is 1.75. The van der Waals surface area contributed by atoms with Gasteiger partial charge in [0.15, 0.2) is 0 Å². The Kier molecular flexibility index (Phi) is 3.74. The molecule has 0 atom stereocenters. The summed E-state index contributed by atoms with van der Waals surface area (Å²) in [6.07, 6.45) is 0.0637. The minimum Gasteiger partial charge on any atom is -0.489 e. The van der Waals surface area contributed by atoms with E-state index in [-0.39, 0.29) is 18.8 Å². The number of H-pyrrole nitrogens is 1. The Hall–Kier alpha value is -2.89. The van der Waals surface area contributed by atoms with Crippen LogP contribution in [0.3, 0.4) is 0 Å². The van der Waals surface area contributed by atoms with Crippen LogP contribution in [0.4, 0.5) is 4.39 Å². The largest absolute Gasteiger partial charge is 0.489 e. The summed E-state index contributed by atoms with van der Waals surface area (Å²) in [6, 6.07) is 11.6. The molecule has 3 rings (SSSR count). The van der Waals surface area contributed by atoms with E-state index in [1.807, 2.05) is 0 Å². The van der Waals surface area contributed by atoms with E-state index in [0.29, 0.717) is 11.6 Å². The molecule has 0 bridgehead atoms. The fraction of sp³-hybridized carbons (Fsp3) is 0.125. The zero-order valence-corrected chi connectivity index (χ0v) is 11.7. The molecule has 112 valence electrons. The van der Waals surface area contributed by atoms with Gasteiger partial charge in [0.25, 0.3) is 0 Å². The number of nitrogens with zero attached hydrogens (tertiary/aromatic N) is 1. The summed E-state index contributed by atoms with van der Waals surface area (Å²) in [5.74, 6) is 0.415. The highest BCUT2D eigenvalue weighted by Crippen LogP contribution is 2.20. The van der Waals surface area contributed by atoms with Crippen molar-refractivity contribution in [1.29, 1.82) is 0 Å². The summed E-state index contributed by atoms with van der Waals surface area (Å²) in [7, 11) is 0. The molecule has 3 N–H and O–H groups in total. The third kappa shape index (κ3) is 3.22. The second-order valence-electron chi connectivity index (χ2n) is 4.92. The zero-order chi connectivity index (χ0) is 15.5. The summed E-state index contributed by atoms with van der Waals surface area (Å²) in [6.45, 7) is 0.269. The van der Waals surface area contributed by atoms with Crippen LogP contribution < -0.4 is 10.5 Å². The molecule has 0 unspecified atom stereocenters. The minimum atomic E-state index is -0.443. The van der Waals surface area contributed by atoms with Crippen molar-refractivity contribution in [1.82, 2.24) is 9.97 Å². The first-order valence-corrected chi connectivity index (χ1v) is 6.74. The van der Waals surface area contributed by atoms with Gasteiger partial charge in [-0.2, -0.15) is 0 Å². The van der Waals surface area contributed by atoms with Gasteiger partial charge < -0.3 is 15.5 Å². The van der Waals surface area contributed by atoms with Crippen LogP contribution in [0, 0.1) is 5.82 Å². The highest BCUT2D eigenvalue weighted by molar-refractivity contribution is 5.80. The van der Waals surface area contributed by atoms with Crippen molar-refractivity contribution in [3.8, 4) is 5.75 Å². The molecule has 3 aromatic rings. The third-order valence-corrected chi connectivity index (χ3v) is 3.14. The molecule has 0 saturated heterocycles. The number of carbonyl (C=O) groups excluding carboxylic acids is 1. The van der Waals surface area contributed by atoms with Gasteiger partial charge in [-0.1, -0.05) is 12.1 Å². The average molecular weight is 299 g/mol. The maximum Gasteiger partial charge on any atom is 0.225 e. The summed E-state index contributed by atoms with van der Waals surface area (Å²) >= 11 is 0. The minimum absolute atomic E-state index is 0.0637. The van der Waals surface area contributed by atoms with Crippen molar-refractivity contribution in [2.24, 2.45) is 5.73 Å². The maximum atomic E-state index is 13.1. The number of ether oxygens (including phenoxy) is 1. The molecule has 0 radical (unpaired) electrons. The van der Waals surface area contributed by atoms with Crippen LogP contribution >= 0.6 is 0 Å². The van der Waals surface area contributed by atoms with Gasteiger partial charge in [-0.15, -0.1) is 0 Å². The van der Waals surface area contributed by atoms with Gasteiger partial charge in [0.1, 0.15) is 24.0 Å². The summed E-state index contributed by atoms with van der Waals surface area (Å²) in [5, 5.41) is 0. The van der Waals surface area contributed by atoms with Gasteiger partial charge in [-0.05, 0) is 29.8 Å². The second kappa shape index (κ2) is 5.85. The fourth-order valence-electron chi connectivity index (χ4n) is 2.17. The van der Waals surface area contributed by atoms with E-state index in [0.717, 1.165) is 16.6 Å². The molecule has 1 heterocycles. The lowest BCUT2D eigenvalue weighted by molar-refractivity contribution is -0.117. The Labute approximate surface area is 125 Å². The molecule has 2 aromatic carbocycles. The Morgan fingerprint density at radius 1 is 1.27 bits per heavy atom. The van der Waals surface area contributed by atoms with E-state index >= 15 is 0 Å². The fourth-order valence-corrected chi connectivity index (χ4v) is 2.17. The van der Waals surface area contributed by atoms with Crippen molar-refractivity contribution in [2.45, 2.75) is 13.0 Å². The van der Waals surface area contributed by atoms with Gasteiger partial charge in [-0.3, -0.25) is 4.79 Å². The molecule has 0 spiro atoms. The third-order valence-electron chi connectivity index (χ3n) is 3.14. The van der Waals surface area contributed by atoms with Gasteiger partial charge >= 0.3 is 0 Å². The number of imidazole rings is 1. The molecule has 0 fully saturated rings. The van der Waals surface area contributed by atoms with E-state index in [4.69, 9.17) is 10.5 Å². The van der Waals surface area contributed by atoms with Gasteiger partial charge in [0.2, 0.25) is 5.91 Å². The van der Waals surface area contributed by atoms with Crippen LogP contribution in [0.15, 0.2) is 42.5 Å². The average Bonchev–Trinajstić information content (AvgIpc) is 2.85. The summed E-state index contributed by atoms with van der Waals surface area (Å²) in [5.41, 5.74) is 7.38. The van der Waals surface area contributed by atoms with Crippen molar-refractivity contribution in [2.75, 3.05) is 0 Å². The van der Waals surface area contributed by atoms with Crippen molar-refractivity contribution in [3.63, 3.8) is 0 Å². The lowest BCUT2D eigenvalue weighted by Gasteiger charge is -2.06. The monoisotopic (exact) mass is 299 g/mol. The predicted octanol–water partition coefficient (Wildman–Crippen LogP) is 2.31. The highest BCUT2D eigenvalue weighted by atomic mass is 19.1. The van der Waals surface area contributed by atoms with Crippen LogP contribution in [-0.2, 0) is 17.8 Å². The van der Waals surface area contributed by atoms with Crippen LogP contribution in [-0.4, -0.2) is 15.9 Å². The number of nitrogens with two attached hydrogens (primary N) is 1. The van der Waals surface area contributed by atoms with Gasteiger partial charge in [0, 0.05) is 6.07 Å². The second-order valence-corrected chi connectivity index (χ2v) is 4.92. The van der Waals surface area contributed by atoms with E-state index in [1.165, 1.54) is 12.1 Å². The quantitative estimate of drug-likeness (QED) is 0.758. The molecule has 0 aliphatic heterocycles. The Morgan fingerprint density at radius 2 is 2.14 bits per heavy atom. The first kappa shape index (κ1) is 14.1. The molecular weight excluding hydrogens is 285 g/mol. The first-order valence-electron chi connectivity index (χ1n) is 6.74. The molecule has 1 amide bonds. The Bertz CT molecular complexity index is 829. The first-order chi connectivity index (χ1) is 10.6. The lowest BCUT2D eigenvalue weighted by atomic mass is 10.2. The number of amides is 1. The van der Waals surface area contributed by atoms with E-state index in [1.54, 1.807) is 30.3 Å². The number of aromatic nitrogens is 2. The van der Waals surface area contributed by atoms with Crippen molar-refractivity contribution >= 4 is 16.9 Å². The van der Waals surface area contributed by atoms with Crippen LogP contribution in [0.25, 0.3) is 11.0 Å². The number of fused-ring (bicyclic) bond motifs is 1. The standard InChI is InChI=1S/C16H14FN3O2/c17-11-3-1-2-10(6-11)9-22-12-4-5-13-14(7-12)20-16(19-13)8-15(18)21/h1-7H,8-9H2,(H2,18,21)(H,19,20). The number of nitrogens with one attached hydrogen (secondary N) is 1. The smallest absolute Gasteiger partial charge is 0.225 e. The number of hydrogen-bond donors (Lipinski definition) is 2. The summed E-state index contributed by atoms with van der Waals surface area (Å²) in [4.78, 5) is 18.2. The number of rotatable bonds is 5. The molecule has 1 aromatic heterocycles. The van der Waals surface area contributed by atoms with Crippen LogP contribution in [0.5, 0.6) is 5.75 Å². The molecule has 0 aliphatic carbocycles. The zero-order valence-electron chi connectivity index (χ0n) is 11.7. The SMILES string of the molecule is NC(=O)Cc1nc2ccc(OCc3cccc(F)c3)cc2[nH]1. The van der Waals surface area contributed by atoms with Crippen LogP contribution in [0.1, 0.15) is 11.4 Å². The van der Waals surface area contributed by atoms with E-state index < -0.39 is 5.91 Å². The number of carbonyl (C=O) groups is 1. The summed E-state index contributed by atoms with van der Waals surface area (Å²) < 4.78 is 18.7. The van der Waals surface area contributed by atoms with Crippen LogP contribution in [0.2, 0.25) is 0 Å². The molecule has 5 nitrogen and oxygen atoms in total. The number of primary amides is 1.